The van der Waals surface area contributed by atoms with Crippen LogP contribution in [0.2, 0.25) is 0 Å². The van der Waals surface area contributed by atoms with Gasteiger partial charge in [-0.3, -0.25) is 4.79 Å². The van der Waals surface area contributed by atoms with Crippen LogP contribution in [0.4, 0.5) is 5.69 Å². The highest BCUT2D eigenvalue weighted by Gasteiger charge is 2.40. The molecule has 1 heterocycles. The first kappa shape index (κ1) is 18.2. The van der Waals surface area contributed by atoms with E-state index in [2.05, 4.69) is 5.32 Å². The molecule has 1 aliphatic heterocycles. The third kappa shape index (κ3) is 3.65. The van der Waals surface area contributed by atoms with Gasteiger partial charge in [-0.2, -0.15) is 4.31 Å². The minimum atomic E-state index is -3.67. The average Bonchev–Trinajstić information content (AvgIpc) is 3.37. The molecule has 3 rings (SSSR count). The number of nitrogens with zero attached hydrogens (tertiary/aromatic N) is 1. The van der Waals surface area contributed by atoms with Gasteiger partial charge in [0.2, 0.25) is 15.9 Å². The number of amides is 1. The Bertz CT molecular complexity index is 776. The highest BCUT2D eigenvalue weighted by atomic mass is 32.2. The number of carbonyl (C=O) groups excluding carboxylic acids is 1. The van der Waals surface area contributed by atoms with Crippen molar-refractivity contribution in [3.63, 3.8) is 0 Å². The molecule has 1 atom stereocenters. The monoisotopic (exact) mass is 367 g/mol. The van der Waals surface area contributed by atoms with Crippen molar-refractivity contribution in [3.8, 4) is 5.75 Å². The van der Waals surface area contributed by atoms with E-state index in [1.54, 1.807) is 12.1 Å². The summed E-state index contributed by atoms with van der Waals surface area (Å²) in [7, 11) is -2.25. The first-order valence-electron chi connectivity index (χ1n) is 8.48. The summed E-state index contributed by atoms with van der Waals surface area (Å²) < 4.78 is 32.7. The molecule has 0 spiro atoms. The molecule has 0 radical (unpaired) electrons. The van der Waals surface area contributed by atoms with Crippen molar-refractivity contribution in [2.45, 2.75) is 31.1 Å². The number of ether oxygens (including phenoxy) is 1. The molecule has 1 aliphatic carbocycles. The summed E-state index contributed by atoms with van der Waals surface area (Å²) in [5, 5.41) is 2.81. The predicted molar refractivity (Wildman–Crippen MR) is 94.9 cm³/mol. The fourth-order valence-electron chi connectivity index (χ4n) is 3.04. The normalized spacial score (nSPS) is 24.3. The molecule has 1 unspecified atom stereocenters. The second-order valence-corrected chi connectivity index (χ2v) is 9.14. The Morgan fingerprint density at radius 3 is 2.72 bits per heavy atom. The Morgan fingerprint density at radius 2 is 2.16 bits per heavy atom. The third-order valence-corrected chi connectivity index (χ3v) is 6.90. The van der Waals surface area contributed by atoms with Gasteiger partial charge in [-0.1, -0.05) is 6.92 Å². The second kappa shape index (κ2) is 6.59. The van der Waals surface area contributed by atoms with Crippen molar-refractivity contribution in [2.24, 2.45) is 17.1 Å². The van der Waals surface area contributed by atoms with Crippen LogP contribution in [-0.4, -0.2) is 45.4 Å². The zero-order chi connectivity index (χ0) is 18.2. The summed E-state index contributed by atoms with van der Waals surface area (Å²) in [4.78, 5) is 12.0. The van der Waals surface area contributed by atoms with Crippen LogP contribution >= 0.6 is 0 Å². The van der Waals surface area contributed by atoms with Crippen LogP contribution in [0.1, 0.15) is 26.2 Å². The van der Waals surface area contributed by atoms with Crippen LogP contribution in [0.15, 0.2) is 23.1 Å². The molecule has 1 aromatic carbocycles. The Labute approximate surface area is 148 Å². The number of nitrogens with two attached hydrogens (primary N) is 1. The van der Waals surface area contributed by atoms with Crippen molar-refractivity contribution in [2.75, 3.05) is 32.1 Å². The number of methoxy groups -OCH3 is 1. The Kier molecular flexibility index (Phi) is 4.78. The van der Waals surface area contributed by atoms with Gasteiger partial charge in [0.15, 0.2) is 0 Å². The molecular weight excluding hydrogens is 342 g/mol. The largest absolute Gasteiger partial charge is 0.495 e. The Hall–Kier alpha value is -1.64. The van der Waals surface area contributed by atoms with Crippen LogP contribution in [0.5, 0.6) is 5.75 Å². The van der Waals surface area contributed by atoms with Crippen LogP contribution in [0.25, 0.3) is 0 Å². The molecule has 2 fully saturated rings. The smallest absolute Gasteiger partial charge is 0.246 e. The van der Waals surface area contributed by atoms with Crippen LogP contribution in [-0.2, 0) is 14.8 Å². The lowest BCUT2D eigenvalue weighted by molar-refractivity contribution is -0.117. The third-order valence-electron chi connectivity index (χ3n) is 5.01. The molecule has 1 saturated heterocycles. The number of anilines is 1. The van der Waals surface area contributed by atoms with Crippen molar-refractivity contribution < 1.29 is 17.9 Å². The fourth-order valence-corrected chi connectivity index (χ4v) is 4.77. The maximum Gasteiger partial charge on any atom is 0.246 e. The van der Waals surface area contributed by atoms with E-state index < -0.39 is 10.0 Å². The molecule has 0 bridgehead atoms. The van der Waals surface area contributed by atoms with E-state index in [0.29, 0.717) is 25.3 Å². The summed E-state index contributed by atoms with van der Waals surface area (Å²) in [6.45, 7) is 3.28. The number of sulfonamides is 1. The lowest BCUT2D eigenvalue weighted by Gasteiger charge is -2.23. The molecular formula is C17H25N3O4S. The first-order chi connectivity index (χ1) is 11.8. The highest BCUT2D eigenvalue weighted by Crippen LogP contribution is 2.36. The molecule has 7 nitrogen and oxygen atoms in total. The number of nitrogens with one attached hydrogen (secondary N) is 1. The quantitative estimate of drug-likeness (QED) is 0.791. The van der Waals surface area contributed by atoms with Crippen molar-refractivity contribution in [1.29, 1.82) is 0 Å². The topological polar surface area (TPSA) is 102 Å². The highest BCUT2D eigenvalue weighted by molar-refractivity contribution is 7.89. The maximum absolute atomic E-state index is 13.0. The van der Waals surface area contributed by atoms with Crippen molar-refractivity contribution in [3.05, 3.63) is 18.2 Å². The van der Waals surface area contributed by atoms with Crippen molar-refractivity contribution >= 4 is 21.6 Å². The first-order valence-corrected chi connectivity index (χ1v) is 9.92. The number of hydrogen-bond acceptors (Lipinski definition) is 5. The van der Waals surface area contributed by atoms with E-state index in [0.717, 1.165) is 19.3 Å². The Morgan fingerprint density at radius 1 is 1.44 bits per heavy atom. The van der Waals surface area contributed by atoms with Crippen LogP contribution in [0.3, 0.4) is 0 Å². The summed E-state index contributed by atoms with van der Waals surface area (Å²) >= 11 is 0. The van der Waals surface area contributed by atoms with Crippen LogP contribution in [0, 0.1) is 11.3 Å². The number of carbonyl (C=O) groups is 1. The van der Waals surface area contributed by atoms with Gasteiger partial charge in [-0.15, -0.1) is 0 Å². The summed E-state index contributed by atoms with van der Waals surface area (Å²) in [6.07, 6.45) is 2.55. The molecule has 0 aromatic heterocycles. The lowest BCUT2D eigenvalue weighted by atomic mass is 9.90. The fraction of sp³-hybridized carbons (Fsp3) is 0.588. The number of rotatable bonds is 6. The number of hydrogen-bond donors (Lipinski definition) is 2. The van der Waals surface area contributed by atoms with E-state index in [1.807, 2.05) is 6.92 Å². The van der Waals surface area contributed by atoms with E-state index in [4.69, 9.17) is 10.5 Å². The molecule has 25 heavy (non-hydrogen) atoms. The van der Waals surface area contributed by atoms with Gasteiger partial charge in [-0.05, 0) is 43.4 Å². The molecule has 8 heteroatoms. The van der Waals surface area contributed by atoms with E-state index in [9.17, 15) is 13.2 Å². The van der Waals surface area contributed by atoms with Gasteiger partial charge in [0, 0.05) is 30.8 Å². The van der Waals surface area contributed by atoms with Gasteiger partial charge in [-0.25, -0.2) is 8.42 Å². The zero-order valence-electron chi connectivity index (χ0n) is 14.6. The van der Waals surface area contributed by atoms with Gasteiger partial charge < -0.3 is 15.8 Å². The number of benzene rings is 1. The van der Waals surface area contributed by atoms with Crippen LogP contribution < -0.4 is 15.8 Å². The van der Waals surface area contributed by atoms with E-state index >= 15 is 0 Å². The Balaban J connectivity index is 1.84. The average molecular weight is 367 g/mol. The van der Waals surface area contributed by atoms with E-state index in [1.165, 1.54) is 17.5 Å². The minimum absolute atomic E-state index is 0.0316. The second-order valence-electron chi connectivity index (χ2n) is 7.23. The SMILES string of the molecule is COc1cc(NC(=O)C2CC2)ccc1S(=O)(=O)N1CCC(C)(CN)C1. The van der Waals surface area contributed by atoms with Gasteiger partial charge in [0.1, 0.15) is 10.6 Å². The lowest BCUT2D eigenvalue weighted by Crippen LogP contribution is -2.34. The molecule has 3 N–H and O–H groups in total. The summed E-state index contributed by atoms with van der Waals surface area (Å²) in [6, 6.07) is 4.66. The molecule has 2 aliphatic rings. The minimum Gasteiger partial charge on any atom is -0.495 e. The van der Waals surface area contributed by atoms with E-state index in [-0.39, 0.29) is 27.9 Å². The van der Waals surface area contributed by atoms with Gasteiger partial charge in [0.05, 0.1) is 7.11 Å². The van der Waals surface area contributed by atoms with Gasteiger partial charge in [0.25, 0.3) is 0 Å². The molecule has 138 valence electrons. The molecule has 1 saturated carbocycles. The summed E-state index contributed by atoms with van der Waals surface area (Å²) in [5.41, 5.74) is 6.12. The molecule has 1 aromatic rings. The zero-order valence-corrected chi connectivity index (χ0v) is 15.4. The molecule has 1 amide bonds. The standard InChI is InChI=1S/C17H25N3O4S/c1-17(10-18)7-8-20(11-17)25(22,23)15-6-5-13(9-14(15)24-2)19-16(21)12-3-4-12/h5-6,9,12H,3-4,7-8,10-11,18H2,1-2H3,(H,19,21). The van der Waals surface area contributed by atoms with Gasteiger partial charge >= 0.3 is 0 Å². The maximum atomic E-state index is 13.0. The predicted octanol–water partition coefficient (Wildman–Crippen LogP) is 1.40. The van der Waals surface area contributed by atoms with Crippen molar-refractivity contribution in [1.82, 2.24) is 4.31 Å². The summed E-state index contributed by atoms with van der Waals surface area (Å²) in [5.74, 6) is 0.277.